The zero-order valence-corrected chi connectivity index (χ0v) is 9.00. The van der Waals surface area contributed by atoms with Crippen LogP contribution in [0.3, 0.4) is 0 Å². The topological polar surface area (TPSA) is 87.9 Å². The number of nitrogens with zero attached hydrogens (tertiary/aromatic N) is 1. The molecule has 4 nitrogen and oxygen atoms in total. The Morgan fingerprint density at radius 3 is 2.64 bits per heavy atom. The van der Waals surface area contributed by atoms with Gasteiger partial charge in [0.15, 0.2) is 0 Å². The number of nitrogens with two attached hydrogens (primary N) is 2. The molecule has 0 saturated carbocycles. The fourth-order valence-corrected chi connectivity index (χ4v) is 1.40. The Labute approximate surface area is 86.6 Å². The van der Waals surface area contributed by atoms with Gasteiger partial charge >= 0.3 is 0 Å². The minimum absolute atomic E-state index is 0.400. The summed E-state index contributed by atoms with van der Waals surface area (Å²) in [4.78, 5) is 0. The fourth-order valence-electron chi connectivity index (χ4n) is 1.40. The zero-order valence-electron chi connectivity index (χ0n) is 9.00. The van der Waals surface area contributed by atoms with Crippen molar-refractivity contribution >= 4 is 0 Å². The second-order valence-corrected chi connectivity index (χ2v) is 3.61. The molecule has 0 aromatic rings. The van der Waals surface area contributed by atoms with E-state index in [4.69, 9.17) is 16.7 Å². The van der Waals surface area contributed by atoms with Gasteiger partial charge in [0.2, 0.25) is 0 Å². The molecule has 2 unspecified atom stereocenters. The van der Waals surface area contributed by atoms with Crippen molar-refractivity contribution in [3.63, 3.8) is 0 Å². The lowest BCUT2D eigenvalue weighted by atomic mass is 9.97. The second kappa shape index (κ2) is 8.95. The van der Waals surface area contributed by atoms with Crippen molar-refractivity contribution in [1.29, 1.82) is 5.26 Å². The molecule has 0 aliphatic carbocycles. The lowest BCUT2D eigenvalue weighted by Gasteiger charge is -2.23. The maximum absolute atomic E-state index is 8.42. The monoisotopic (exact) mass is 198 g/mol. The quantitative estimate of drug-likeness (QED) is 0.486. The molecule has 0 spiro atoms. The van der Waals surface area contributed by atoms with Crippen molar-refractivity contribution in [3.05, 3.63) is 0 Å². The largest absolute Gasteiger partial charge is 0.330 e. The average Bonchev–Trinajstić information content (AvgIpc) is 2.22. The summed E-state index contributed by atoms with van der Waals surface area (Å²) >= 11 is 0. The third-order valence-corrected chi connectivity index (χ3v) is 2.42. The van der Waals surface area contributed by atoms with Crippen LogP contribution >= 0.6 is 0 Å². The molecule has 0 aromatic carbocycles. The molecule has 4 heteroatoms. The van der Waals surface area contributed by atoms with E-state index in [1.54, 1.807) is 0 Å². The van der Waals surface area contributed by atoms with Crippen LogP contribution in [0, 0.1) is 17.2 Å². The van der Waals surface area contributed by atoms with E-state index in [1.165, 1.54) is 0 Å². The minimum Gasteiger partial charge on any atom is -0.330 e. The summed E-state index contributed by atoms with van der Waals surface area (Å²) in [6, 6.07) is 2.52. The fraction of sp³-hybridized carbons (Fsp3) is 0.900. The van der Waals surface area contributed by atoms with Gasteiger partial charge < -0.3 is 16.8 Å². The molecule has 0 saturated heterocycles. The Bertz CT molecular complexity index is 164. The van der Waals surface area contributed by atoms with Gasteiger partial charge in [-0.25, -0.2) is 0 Å². The van der Waals surface area contributed by atoms with Crippen molar-refractivity contribution in [1.82, 2.24) is 5.32 Å². The zero-order chi connectivity index (χ0) is 10.8. The van der Waals surface area contributed by atoms with E-state index in [2.05, 4.69) is 18.3 Å². The Hall–Kier alpha value is -0.630. The van der Waals surface area contributed by atoms with Crippen LogP contribution in [0.2, 0.25) is 0 Å². The van der Waals surface area contributed by atoms with E-state index in [9.17, 15) is 0 Å². The van der Waals surface area contributed by atoms with Gasteiger partial charge in [-0.05, 0) is 31.8 Å². The molecule has 0 fully saturated rings. The van der Waals surface area contributed by atoms with Crippen molar-refractivity contribution in [2.45, 2.75) is 32.2 Å². The molecule has 0 aromatic heterocycles. The summed E-state index contributed by atoms with van der Waals surface area (Å²) in [6.45, 7) is 4.26. The predicted octanol–water partition coefficient (Wildman–Crippen LogP) is 0.192. The number of nitriles is 1. The normalized spacial score (nSPS) is 14.7. The van der Waals surface area contributed by atoms with Crippen LogP contribution in [0.25, 0.3) is 0 Å². The summed E-state index contributed by atoms with van der Waals surface area (Å²) in [5, 5.41) is 11.8. The smallest absolute Gasteiger partial charge is 0.0635 e. The highest BCUT2D eigenvalue weighted by atomic mass is 14.9. The lowest BCUT2D eigenvalue weighted by Crippen LogP contribution is -2.39. The maximum atomic E-state index is 8.42. The molecule has 0 bridgehead atoms. The SMILES string of the molecule is CC(CN)C(CCCN)NCCC#N. The summed E-state index contributed by atoms with van der Waals surface area (Å²) in [5.74, 6) is 0.445. The van der Waals surface area contributed by atoms with E-state index in [0.717, 1.165) is 19.4 Å². The number of hydrogen-bond donors (Lipinski definition) is 3. The summed E-state index contributed by atoms with van der Waals surface area (Å²) in [6.07, 6.45) is 2.60. The lowest BCUT2D eigenvalue weighted by molar-refractivity contribution is 0.360. The van der Waals surface area contributed by atoms with Crippen molar-refractivity contribution in [2.75, 3.05) is 19.6 Å². The van der Waals surface area contributed by atoms with Crippen molar-refractivity contribution < 1.29 is 0 Å². The number of hydrogen-bond acceptors (Lipinski definition) is 4. The van der Waals surface area contributed by atoms with Crippen LogP contribution in [-0.4, -0.2) is 25.7 Å². The Kier molecular flexibility index (Phi) is 8.54. The van der Waals surface area contributed by atoms with Gasteiger partial charge in [-0.3, -0.25) is 0 Å². The van der Waals surface area contributed by atoms with Crippen LogP contribution in [0.15, 0.2) is 0 Å². The van der Waals surface area contributed by atoms with Crippen molar-refractivity contribution in [3.8, 4) is 6.07 Å². The first-order valence-corrected chi connectivity index (χ1v) is 5.26. The van der Waals surface area contributed by atoms with E-state index < -0.39 is 0 Å². The highest BCUT2D eigenvalue weighted by Gasteiger charge is 2.14. The van der Waals surface area contributed by atoms with E-state index >= 15 is 0 Å². The molecule has 82 valence electrons. The van der Waals surface area contributed by atoms with Crippen LogP contribution < -0.4 is 16.8 Å². The number of nitrogens with one attached hydrogen (secondary N) is 1. The molecule has 5 N–H and O–H groups in total. The van der Waals surface area contributed by atoms with Crippen LogP contribution in [0.4, 0.5) is 0 Å². The summed E-state index contributed by atoms with van der Waals surface area (Å²) < 4.78 is 0. The molecule has 0 amide bonds. The molecule has 0 aliphatic rings. The molecule has 0 radical (unpaired) electrons. The van der Waals surface area contributed by atoms with Gasteiger partial charge in [0, 0.05) is 19.0 Å². The molecular formula is C10H22N4. The molecule has 0 aliphatic heterocycles. The third-order valence-electron chi connectivity index (χ3n) is 2.42. The standard InChI is InChI=1S/C10H22N4/c1-9(8-13)10(4-2-5-11)14-7-3-6-12/h9-10,14H,2-5,7-8,11,13H2,1H3. The minimum atomic E-state index is 0.400. The summed E-state index contributed by atoms with van der Waals surface area (Å²) in [5.41, 5.74) is 11.1. The first-order valence-electron chi connectivity index (χ1n) is 5.26. The molecular weight excluding hydrogens is 176 g/mol. The van der Waals surface area contributed by atoms with Crippen LogP contribution in [0.5, 0.6) is 0 Å². The van der Waals surface area contributed by atoms with Crippen molar-refractivity contribution in [2.24, 2.45) is 17.4 Å². The van der Waals surface area contributed by atoms with Gasteiger partial charge in [-0.2, -0.15) is 5.26 Å². The Morgan fingerprint density at radius 2 is 2.14 bits per heavy atom. The average molecular weight is 198 g/mol. The second-order valence-electron chi connectivity index (χ2n) is 3.61. The summed E-state index contributed by atoms with van der Waals surface area (Å²) in [7, 11) is 0. The highest BCUT2D eigenvalue weighted by molar-refractivity contribution is 4.77. The van der Waals surface area contributed by atoms with Crippen LogP contribution in [0.1, 0.15) is 26.2 Å². The predicted molar refractivity (Wildman–Crippen MR) is 58.5 cm³/mol. The highest BCUT2D eigenvalue weighted by Crippen LogP contribution is 2.07. The maximum Gasteiger partial charge on any atom is 0.0635 e. The molecule has 2 atom stereocenters. The van der Waals surface area contributed by atoms with Crippen LogP contribution in [-0.2, 0) is 0 Å². The van der Waals surface area contributed by atoms with E-state index in [1.807, 2.05) is 0 Å². The molecule has 14 heavy (non-hydrogen) atoms. The molecule has 0 rings (SSSR count). The van der Waals surface area contributed by atoms with Gasteiger partial charge in [-0.1, -0.05) is 6.92 Å². The van der Waals surface area contributed by atoms with Gasteiger partial charge in [0.1, 0.15) is 0 Å². The first-order chi connectivity index (χ1) is 6.76. The Morgan fingerprint density at radius 1 is 1.43 bits per heavy atom. The van der Waals surface area contributed by atoms with Gasteiger partial charge in [0.05, 0.1) is 6.07 Å². The van der Waals surface area contributed by atoms with E-state index in [-0.39, 0.29) is 0 Å². The number of rotatable bonds is 8. The van der Waals surface area contributed by atoms with E-state index in [0.29, 0.717) is 31.5 Å². The first kappa shape index (κ1) is 13.4. The van der Waals surface area contributed by atoms with Gasteiger partial charge in [0.25, 0.3) is 0 Å². The van der Waals surface area contributed by atoms with Gasteiger partial charge in [-0.15, -0.1) is 0 Å². The Balaban J connectivity index is 3.79. The third kappa shape index (κ3) is 5.92. The molecule has 0 heterocycles.